The molecule has 3 rings (SSSR count). The molecule has 1 aliphatic carbocycles. The van der Waals surface area contributed by atoms with Crippen molar-refractivity contribution in [1.29, 1.82) is 0 Å². The second-order valence-corrected chi connectivity index (χ2v) is 5.31. The summed E-state index contributed by atoms with van der Waals surface area (Å²) in [4.78, 5) is 22.4. The summed E-state index contributed by atoms with van der Waals surface area (Å²) in [6, 6.07) is 0.144. The molecule has 0 saturated heterocycles. The Morgan fingerprint density at radius 2 is 2.00 bits per heavy atom. The maximum Gasteiger partial charge on any atom is 0.261 e. The largest absolute Gasteiger partial charge is 0.480 e. The van der Waals surface area contributed by atoms with E-state index >= 15 is 0 Å². The van der Waals surface area contributed by atoms with Crippen LogP contribution in [0.1, 0.15) is 41.7 Å². The number of ether oxygens (including phenoxy) is 1. The van der Waals surface area contributed by atoms with Gasteiger partial charge in [-0.05, 0) is 25.7 Å². The van der Waals surface area contributed by atoms with Gasteiger partial charge in [0.2, 0.25) is 11.8 Å². The highest BCUT2D eigenvalue weighted by molar-refractivity contribution is 6.00. The maximum atomic E-state index is 12.5. The molecule has 1 amide bonds. The highest BCUT2D eigenvalue weighted by atomic mass is 16.5. The van der Waals surface area contributed by atoms with Crippen LogP contribution < -0.4 is 10.5 Å². The van der Waals surface area contributed by atoms with Crippen molar-refractivity contribution in [3.05, 3.63) is 11.3 Å². The zero-order chi connectivity index (χ0) is 14.3. The van der Waals surface area contributed by atoms with E-state index in [4.69, 9.17) is 10.5 Å². The number of anilines is 1. The van der Waals surface area contributed by atoms with Gasteiger partial charge in [-0.25, -0.2) is 4.98 Å². The number of methoxy groups -OCH3 is 1. The average molecular weight is 278 g/mol. The topological polar surface area (TPSA) is 102 Å². The third-order valence-corrected chi connectivity index (χ3v) is 4.06. The summed E-state index contributed by atoms with van der Waals surface area (Å²) in [7, 11) is 1.47. The predicted octanol–water partition coefficient (Wildman–Crippen LogP) is 0.327. The minimum Gasteiger partial charge on any atom is -0.480 e. The first-order chi connectivity index (χ1) is 9.60. The Bertz CT molecular complexity index is 541. The number of nitrogen functional groups attached to an aromatic ring is 1. The number of carbonyl (C=O) groups excluding carboxylic acids is 1. The molecule has 0 spiro atoms. The van der Waals surface area contributed by atoms with E-state index in [-0.39, 0.29) is 29.9 Å². The van der Waals surface area contributed by atoms with Gasteiger partial charge in [-0.15, -0.1) is 0 Å². The van der Waals surface area contributed by atoms with E-state index in [9.17, 15) is 9.90 Å². The van der Waals surface area contributed by atoms with E-state index in [1.54, 1.807) is 4.90 Å². The quantitative estimate of drug-likeness (QED) is 0.808. The van der Waals surface area contributed by atoms with Crippen LogP contribution in [-0.4, -0.2) is 45.1 Å². The summed E-state index contributed by atoms with van der Waals surface area (Å²) in [6.45, 7) is 0.442. The highest BCUT2D eigenvalue weighted by Gasteiger charge is 2.38. The molecule has 1 fully saturated rings. The lowest BCUT2D eigenvalue weighted by molar-refractivity contribution is 0.0516. The Hall–Kier alpha value is -1.89. The molecule has 1 aromatic rings. The minimum absolute atomic E-state index is 0.0989. The molecule has 1 aliphatic heterocycles. The number of fused-ring (bicyclic) bond motifs is 1. The van der Waals surface area contributed by atoms with Crippen LogP contribution in [0.5, 0.6) is 5.88 Å². The van der Waals surface area contributed by atoms with Crippen LogP contribution in [-0.2, 0) is 6.54 Å². The fourth-order valence-electron chi connectivity index (χ4n) is 3.02. The molecule has 1 saturated carbocycles. The highest BCUT2D eigenvalue weighted by Crippen LogP contribution is 2.33. The zero-order valence-electron chi connectivity index (χ0n) is 11.4. The van der Waals surface area contributed by atoms with Gasteiger partial charge in [-0.3, -0.25) is 4.79 Å². The number of nitrogens with zero attached hydrogens (tertiary/aromatic N) is 3. The molecule has 2 heterocycles. The summed E-state index contributed by atoms with van der Waals surface area (Å²) >= 11 is 0. The van der Waals surface area contributed by atoms with E-state index in [0.29, 0.717) is 17.8 Å². The number of aliphatic hydroxyl groups excluding tert-OH is 1. The average Bonchev–Trinajstić information content (AvgIpc) is 2.76. The summed E-state index contributed by atoms with van der Waals surface area (Å²) in [5.74, 6) is 0.267. The van der Waals surface area contributed by atoms with Gasteiger partial charge in [0, 0.05) is 6.04 Å². The van der Waals surface area contributed by atoms with Gasteiger partial charge in [-0.1, -0.05) is 0 Å². The Kier molecular flexibility index (Phi) is 3.21. The van der Waals surface area contributed by atoms with Gasteiger partial charge in [-0.2, -0.15) is 4.98 Å². The summed E-state index contributed by atoms with van der Waals surface area (Å²) < 4.78 is 5.14. The number of amides is 1. The van der Waals surface area contributed by atoms with Gasteiger partial charge in [0.25, 0.3) is 5.91 Å². The van der Waals surface area contributed by atoms with E-state index in [1.807, 2.05) is 0 Å². The number of carbonyl (C=O) groups is 1. The second-order valence-electron chi connectivity index (χ2n) is 5.31. The molecule has 0 unspecified atom stereocenters. The van der Waals surface area contributed by atoms with Gasteiger partial charge in [0.1, 0.15) is 5.56 Å². The van der Waals surface area contributed by atoms with Crippen LogP contribution in [0.25, 0.3) is 0 Å². The molecule has 108 valence electrons. The Morgan fingerprint density at radius 1 is 1.30 bits per heavy atom. The third-order valence-electron chi connectivity index (χ3n) is 4.06. The van der Waals surface area contributed by atoms with Crippen LogP contribution in [0.3, 0.4) is 0 Å². The van der Waals surface area contributed by atoms with Crippen molar-refractivity contribution in [1.82, 2.24) is 14.9 Å². The van der Waals surface area contributed by atoms with Crippen molar-refractivity contribution in [2.75, 3.05) is 12.8 Å². The van der Waals surface area contributed by atoms with Crippen LogP contribution in [0.2, 0.25) is 0 Å². The Labute approximate surface area is 116 Å². The van der Waals surface area contributed by atoms with E-state index < -0.39 is 0 Å². The molecular formula is C13H18N4O3. The van der Waals surface area contributed by atoms with Crippen molar-refractivity contribution in [2.24, 2.45) is 0 Å². The lowest BCUT2D eigenvalue weighted by Gasteiger charge is -2.32. The van der Waals surface area contributed by atoms with Crippen LogP contribution in [0.15, 0.2) is 0 Å². The van der Waals surface area contributed by atoms with Gasteiger partial charge in [0.15, 0.2) is 0 Å². The van der Waals surface area contributed by atoms with Crippen molar-refractivity contribution < 1.29 is 14.6 Å². The molecule has 3 N–H and O–H groups in total. The van der Waals surface area contributed by atoms with E-state index in [0.717, 1.165) is 25.7 Å². The Balaban J connectivity index is 1.87. The fraction of sp³-hybridized carbons (Fsp3) is 0.615. The first kappa shape index (κ1) is 13.1. The monoisotopic (exact) mass is 278 g/mol. The van der Waals surface area contributed by atoms with Crippen LogP contribution in [0.4, 0.5) is 5.95 Å². The molecule has 0 atom stereocenters. The fourth-order valence-corrected chi connectivity index (χ4v) is 3.02. The molecule has 7 heteroatoms. The molecule has 2 aliphatic rings. The van der Waals surface area contributed by atoms with Crippen LogP contribution in [0, 0.1) is 0 Å². The molecule has 0 bridgehead atoms. The standard InChI is InChI=1S/C13H18N4O3/c1-20-11-10-9(15-13(14)16-11)6-17(12(10)19)7-2-4-8(18)5-3-7/h7-8,18H,2-6H2,1H3,(H2,14,15,16). The smallest absolute Gasteiger partial charge is 0.261 e. The summed E-state index contributed by atoms with van der Waals surface area (Å²) in [5, 5.41) is 9.57. The number of rotatable bonds is 2. The second kappa shape index (κ2) is 4.90. The minimum atomic E-state index is -0.240. The first-order valence-corrected chi connectivity index (χ1v) is 6.79. The van der Waals surface area contributed by atoms with Crippen molar-refractivity contribution in [3.63, 3.8) is 0 Å². The zero-order valence-corrected chi connectivity index (χ0v) is 11.4. The van der Waals surface area contributed by atoms with Crippen LogP contribution >= 0.6 is 0 Å². The molecule has 7 nitrogen and oxygen atoms in total. The number of hydrogen-bond acceptors (Lipinski definition) is 6. The molecule has 0 aromatic carbocycles. The SMILES string of the molecule is COc1nc(N)nc2c1C(=O)N(C1CCC(O)CC1)C2. The molecule has 20 heavy (non-hydrogen) atoms. The predicted molar refractivity (Wildman–Crippen MR) is 71.1 cm³/mol. The number of hydrogen-bond donors (Lipinski definition) is 2. The maximum absolute atomic E-state index is 12.5. The third kappa shape index (κ3) is 2.07. The lowest BCUT2D eigenvalue weighted by atomic mass is 9.92. The number of nitrogens with two attached hydrogens (primary N) is 1. The number of aromatic nitrogens is 2. The van der Waals surface area contributed by atoms with Gasteiger partial charge in [0.05, 0.1) is 25.5 Å². The number of aliphatic hydroxyl groups is 1. The summed E-state index contributed by atoms with van der Waals surface area (Å²) in [5.41, 5.74) is 6.68. The van der Waals surface area contributed by atoms with Crippen molar-refractivity contribution >= 4 is 11.9 Å². The molecule has 0 radical (unpaired) electrons. The van der Waals surface area contributed by atoms with Gasteiger partial charge < -0.3 is 20.5 Å². The van der Waals surface area contributed by atoms with E-state index in [2.05, 4.69) is 9.97 Å². The molecular weight excluding hydrogens is 260 g/mol. The van der Waals surface area contributed by atoms with Crippen molar-refractivity contribution in [3.8, 4) is 5.88 Å². The Morgan fingerprint density at radius 3 is 2.65 bits per heavy atom. The first-order valence-electron chi connectivity index (χ1n) is 6.79. The summed E-state index contributed by atoms with van der Waals surface area (Å²) in [6.07, 6.45) is 2.85. The molecule has 1 aromatic heterocycles. The lowest BCUT2D eigenvalue weighted by Crippen LogP contribution is -2.39. The van der Waals surface area contributed by atoms with Crippen molar-refractivity contribution in [2.45, 2.75) is 44.4 Å². The van der Waals surface area contributed by atoms with E-state index in [1.165, 1.54) is 7.11 Å². The normalized spacial score (nSPS) is 25.7. The van der Waals surface area contributed by atoms with Gasteiger partial charge >= 0.3 is 0 Å².